The fourth-order valence-corrected chi connectivity index (χ4v) is 2.28. The number of carboxylic acids is 1. The molecule has 0 fully saturated rings. The zero-order chi connectivity index (χ0) is 9.84. The predicted molar refractivity (Wildman–Crippen MR) is 48.0 cm³/mol. The molecule has 1 aromatic heterocycles. The van der Waals surface area contributed by atoms with Gasteiger partial charge in [0, 0.05) is 10.3 Å². The van der Waals surface area contributed by atoms with Gasteiger partial charge in [0.1, 0.15) is 4.88 Å². The third-order valence-electron chi connectivity index (χ3n) is 1.16. The molecule has 1 rings (SSSR count). The largest absolute Gasteiger partial charge is 0.477 e. The molecular weight excluding hydrogens is 218 g/mol. The van der Waals surface area contributed by atoms with Gasteiger partial charge in [-0.1, -0.05) is 0 Å². The number of aromatic carboxylic acids is 1. The summed E-state index contributed by atoms with van der Waals surface area (Å²) in [6.07, 6.45) is -2.36. The second kappa shape index (κ2) is 4.57. The highest BCUT2D eigenvalue weighted by Gasteiger charge is 2.09. The molecule has 0 radical (unpaired) electrons. The summed E-state index contributed by atoms with van der Waals surface area (Å²) in [4.78, 5) is 11.2. The summed E-state index contributed by atoms with van der Waals surface area (Å²) in [6, 6.07) is 1.40. The van der Waals surface area contributed by atoms with Crippen molar-refractivity contribution in [3.8, 4) is 0 Å². The Morgan fingerprint density at radius 2 is 2.38 bits per heavy atom. The lowest BCUT2D eigenvalue weighted by Crippen LogP contribution is -1.93. The van der Waals surface area contributed by atoms with E-state index in [9.17, 15) is 13.6 Å². The Balaban J connectivity index is 2.54. The van der Waals surface area contributed by atoms with E-state index in [4.69, 9.17) is 5.11 Å². The van der Waals surface area contributed by atoms with Crippen LogP contribution in [0, 0.1) is 0 Å². The maximum Gasteiger partial charge on any atom is 0.345 e. The third-order valence-corrected chi connectivity index (χ3v) is 3.22. The first-order chi connectivity index (χ1) is 6.09. The van der Waals surface area contributed by atoms with Crippen molar-refractivity contribution in [2.24, 2.45) is 0 Å². The minimum Gasteiger partial charge on any atom is -0.477 e. The molecule has 72 valence electrons. The fraction of sp³-hybridized carbons (Fsp3) is 0.286. The molecule has 0 saturated heterocycles. The summed E-state index contributed by atoms with van der Waals surface area (Å²) in [7, 11) is 0. The zero-order valence-corrected chi connectivity index (χ0v) is 8.00. The highest BCUT2D eigenvalue weighted by molar-refractivity contribution is 7.99. The van der Waals surface area contributed by atoms with Gasteiger partial charge in [0.2, 0.25) is 6.43 Å². The van der Waals surface area contributed by atoms with Gasteiger partial charge in [-0.05, 0) is 6.07 Å². The normalized spacial score (nSPS) is 10.7. The molecule has 1 aromatic rings. The van der Waals surface area contributed by atoms with Crippen LogP contribution in [-0.4, -0.2) is 23.3 Å². The van der Waals surface area contributed by atoms with Gasteiger partial charge in [0.05, 0.1) is 5.75 Å². The highest BCUT2D eigenvalue weighted by Crippen LogP contribution is 2.25. The number of thiophene rings is 1. The summed E-state index contributed by atoms with van der Waals surface area (Å²) in [5.41, 5.74) is 0. The summed E-state index contributed by atoms with van der Waals surface area (Å²) in [5, 5.41) is 10.1. The monoisotopic (exact) mass is 224 g/mol. The Hall–Kier alpha value is -0.620. The minimum absolute atomic E-state index is 0.178. The van der Waals surface area contributed by atoms with Gasteiger partial charge in [-0.2, -0.15) is 0 Å². The molecule has 0 aliphatic heterocycles. The van der Waals surface area contributed by atoms with Gasteiger partial charge in [-0.25, -0.2) is 13.6 Å². The molecule has 0 saturated carbocycles. The molecule has 6 heteroatoms. The number of carboxylic acid groups (broad SMARTS) is 1. The van der Waals surface area contributed by atoms with Gasteiger partial charge in [0.25, 0.3) is 0 Å². The highest BCUT2D eigenvalue weighted by atomic mass is 32.2. The van der Waals surface area contributed by atoms with E-state index < -0.39 is 12.4 Å². The Kier molecular flexibility index (Phi) is 3.68. The van der Waals surface area contributed by atoms with Crippen LogP contribution in [0.15, 0.2) is 16.3 Å². The summed E-state index contributed by atoms with van der Waals surface area (Å²) in [6.45, 7) is 0. The molecular formula is C7H6F2O2S2. The minimum atomic E-state index is -2.36. The first-order valence-corrected chi connectivity index (χ1v) is 5.19. The lowest BCUT2D eigenvalue weighted by molar-refractivity contribution is 0.0702. The molecule has 0 aliphatic carbocycles. The third kappa shape index (κ3) is 3.31. The van der Waals surface area contributed by atoms with E-state index in [-0.39, 0.29) is 10.6 Å². The van der Waals surface area contributed by atoms with E-state index in [0.717, 1.165) is 23.1 Å². The second-order valence-electron chi connectivity index (χ2n) is 2.15. The van der Waals surface area contributed by atoms with Crippen LogP contribution >= 0.6 is 23.1 Å². The zero-order valence-electron chi connectivity index (χ0n) is 6.37. The number of alkyl halides is 2. The first-order valence-electron chi connectivity index (χ1n) is 3.32. The molecule has 0 unspecified atom stereocenters. The first kappa shape index (κ1) is 10.5. The Bertz CT molecular complexity index is 298. The second-order valence-corrected chi connectivity index (χ2v) is 4.16. The van der Waals surface area contributed by atoms with Gasteiger partial charge in [0.15, 0.2) is 0 Å². The van der Waals surface area contributed by atoms with Gasteiger partial charge in [-0.15, -0.1) is 23.1 Å². The van der Waals surface area contributed by atoms with Crippen LogP contribution in [0.25, 0.3) is 0 Å². The van der Waals surface area contributed by atoms with Gasteiger partial charge in [-0.3, -0.25) is 0 Å². The number of hydrogen-bond donors (Lipinski definition) is 1. The molecule has 1 N–H and O–H groups in total. The van der Waals surface area contributed by atoms with E-state index in [1.165, 1.54) is 6.07 Å². The number of hydrogen-bond acceptors (Lipinski definition) is 3. The van der Waals surface area contributed by atoms with Crippen molar-refractivity contribution in [1.82, 2.24) is 0 Å². The Morgan fingerprint density at radius 1 is 1.69 bits per heavy atom. The quantitative estimate of drug-likeness (QED) is 0.799. The molecule has 0 aromatic carbocycles. The van der Waals surface area contributed by atoms with E-state index in [1.807, 2.05) is 0 Å². The van der Waals surface area contributed by atoms with Crippen LogP contribution in [0.1, 0.15) is 9.67 Å². The van der Waals surface area contributed by atoms with E-state index >= 15 is 0 Å². The van der Waals surface area contributed by atoms with Crippen LogP contribution in [0.2, 0.25) is 0 Å². The topological polar surface area (TPSA) is 37.3 Å². The number of halogens is 2. The van der Waals surface area contributed by atoms with E-state index in [0.29, 0.717) is 4.90 Å². The molecule has 0 spiro atoms. The number of rotatable bonds is 4. The van der Waals surface area contributed by atoms with Crippen molar-refractivity contribution in [3.63, 3.8) is 0 Å². The van der Waals surface area contributed by atoms with Crippen LogP contribution in [0.4, 0.5) is 8.78 Å². The van der Waals surface area contributed by atoms with E-state index in [1.54, 1.807) is 5.38 Å². The summed E-state index contributed by atoms with van der Waals surface area (Å²) in [5.74, 6) is -1.32. The predicted octanol–water partition coefficient (Wildman–Crippen LogP) is 2.80. The van der Waals surface area contributed by atoms with Gasteiger partial charge < -0.3 is 5.11 Å². The maximum absolute atomic E-state index is 11.8. The van der Waals surface area contributed by atoms with Crippen molar-refractivity contribution in [2.45, 2.75) is 11.3 Å². The average Bonchev–Trinajstić information content (AvgIpc) is 2.48. The molecule has 13 heavy (non-hydrogen) atoms. The standard InChI is InChI=1S/C7H6F2O2S2/c8-6(9)3-12-4-1-5(7(10)11)13-2-4/h1-2,6H,3H2,(H,10,11). The molecule has 0 bridgehead atoms. The van der Waals surface area contributed by atoms with Crippen LogP contribution < -0.4 is 0 Å². The summed E-state index contributed by atoms with van der Waals surface area (Å²) >= 11 is 2.01. The lowest BCUT2D eigenvalue weighted by Gasteiger charge is -1.95. The molecule has 0 aliphatic rings. The van der Waals surface area contributed by atoms with Crippen molar-refractivity contribution >= 4 is 29.1 Å². The molecule has 0 atom stereocenters. The number of carbonyl (C=O) groups is 1. The van der Waals surface area contributed by atoms with Crippen molar-refractivity contribution in [2.75, 3.05) is 5.75 Å². The van der Waals surface area contributed by atoms with Crippen molar-refractivity contribution in [3.05, 3.63) is 16.3 Å². The number of thioether (sulfide) groups is 1. The van der Waals surface area contributed by atoms with Crippen molar-refractivity contribution in [1.29, 1.82) is 0 Å². The van der Waals surface area contributed by atoms with Crippen molar-refractivity contribution < 1.29 is 18.7 Å². The molecule has 1 heterocycles. The Morgan fingerprint density at radius 3 is 2.85 bits per heavy atom. The smallest absolute Gasteiger partial charge is 0.345 e. The lowest BCUT2D eigenvalue weighted by atomic mass is 10.5. The maximum atomic E-state index is 11.8. The van der Waals surface area contributed by atoms with Crippen LogP contribution in [0.5, 0.6) is 0 Å². The molecule has 2 nitrogen and oxygen atoms in total. The Labute approximate surface area is 81.6 Å². The van der Waals surface area contributed by atoms with Gasteiger partial charge >= 0.3 is 5.97 Å². The average molecular weight is 224 g/mol. The summed E-state index contributed by atoms with van der Waals surface area (Å²) < 4.78 is 23.5. The SMILES string of the molecule is O=C(O)c1cc(SCC(F)F)cs1. The van der Waals surface area contributed by atoms with E-state index in [2.05, 4.69) is 0 Å². The fourth-order valence-electron chi connectivity index (χ4n) is 0.666. The molecule has 0 amide bonds. The van der Waals surface area contributed by atoms with Crippen LogP contribution in [-0.2, 0) is 0 Å². The van der Waals surface area contributed by atoms with Crippen LogP contribution in [0.3, 0.4) is 0 Å².